The minimum atomic E-state index is -0.802. The van der Waals surface area contributed by atoms with E-state index in [1.165, 1.54) is 103 Å². The molecule has 0 bridgehead atoms. The number of esters is 3. The summed E-state index contributed by atoms with van der Waals surface area (Å²) in [6.07, 6.45) is 75.4. The quantitative estimate of drug-likeness (QED) is 0.0262. The van der Waals surface area contributed by atoms with Gasteiger partial charge in [0.15, 0.2) is 6.10 Å². The van der Waals surface area contributed by atoms with E-state index in [9.17, 15) is 14.4 Å². The van der Waals surface area contributed by atoms with E-state index in [2.05, 4.69) is 118 Å². The summed E-state index contributed by atoms with van der Waals surface area (Å²) in [5, 5.41) is 0. The predicted octanol–water partition coefficient (Wildman–Crippen LogP) is 19.3. The molecule has 6 heteroatoms. The molecule has 0 aliphatic rings. The van der Waals surface area contributed by atoms with Crippen LogP contribution in [0.1, 0.15) is 265 Å². The summed E-state index contributed by atoms with van der Waals surface area (Å²) in [5.74, 6) is -0.951. The van der Waals surface area contributed by atoms with Gasteiger partial charge >= 0.3 is 17.9 Å². The van der Waals surface area contributed by atoms with Gasteiger partial charge in [0.2, 0.25) is 0 Å². The van der Waals surface area contributed by atoms with Gasteiger partial charge in [-0.05, 0) is 103 Å². The second-order valence-corrected chi connectivity index (χ2v) is 18.8. The molecule has 0 saturated carbocycles. The van der Waals surface area contributed by atoms with E-state index in [1.54, 1.807) is 0 Å². The summed E-state index contributed by atoms with van der Waals surface area (Å²) in [6.45, 7) is 6.46. The molecule has 0 aliphatic heterocycles. The van der Waals surface area contributed by atoms with Crippen LogP contribution in [0, 0.1) is 0 Å². The molecule has 69 heavy (non-hydrogen) atoms. The molecular formula is C63H106O6. The van der Waals surface area contributed by atoms with Crippen LogP contribution in [0.3, 0.4) is 0 Å². The fourth-order valence-electron chi connectivity index (χ4n) is 7.77. The Morgan fingerprint density at radius 2 is 0.565 bits per heavy atom. The van der Waals surface area contributed by atoms with Gasteiger partial charge in [0.25, 0.3) is 0 Å². The minimum Gasteiger partial charge on any atom is -0.462 e. The Bertz CT molecular complexity index is 1380. The maximum Gasteiger partial charge on any atom is 0.306 e. The molecule has 394 valence electrons. The first kappa shape index (κ1) is 65.3. The van der Waals surface area contributed by atoms with E-state index in [1.807, 2.05) is 0 Å². The molecule has 0 spiro atoms. The van der Waals surface area contributed by atoms with Crippen LogP contribution in [0.15, 0.2) is 97.2 Å². The highest BCUT2D eigenvalue weighted by molar-refractivity contribution is 5.71. The molecule has 6 nitrogen and oxygen atoms in total. The summed E-state index contributed by atoms with van der Waals surface area (Å²) < 4.78 is 16.8. The number of allylic oxidation sites excluding steroid dienone is 16. The Kier molecular flexibility index (Phi) is 53.9. The van der Waals surface area contributed by atoms with Crippen molar-refractivity contribution in [1.82, 2.24) is 0 Å². The molecule has 0 heterocycles. The number of carbonyl (C=O) groups is 3. The Balaban J connectivity index is 4.47. The third-order valence-corrected chi connectivity index (χ3v) is 12.1. The first-order chi connectivity index (χ1) is 34.0. The van der Waals surface area contributed by atoms with Crippen molar-refractivity contribution in [2.24, 2.45) is 0 Å². The number of rotatable bonds is 51. The van der Waals surface area contributed by atoms with Crippen LogP contribution >= 0.6 is 0 Å². The van der Waals surface area contributed by atoms with Gasteiger partial charge in [-0.25, -0.2) is 0 Å². The number of hydrogen-bond donors (Lipinski definition) is 0. The summed E-state index contributed by atoms with van der Waals surface area (Å²) >= 11 is 0. The Morgan fingerprint density at radius 3 is 0.942 bits per heavy atom. The average molecular weight is 960 g/mol. The Labute approximate surface area is 426 Å². The zero-order chi connectivity index (χ0) is 50.0. The molecule has 0 aromatic heterocycles. The van der Waals surface area contributed by atoms with Crippen molar-refractivity contribution in [2.45, 2.75) is 271 Å². The van der Waals surface area contributed by atoms with Crippen molar-refractivity contribution < 1.29 is 28.6 Å². The van der Waals surface area contributed by atoms with Crippen LogP contribution in [0.2, 0.25) is 0 Å². The van der Waals surface area contributed by atoms with Crippen molar-refractivity contribution in [3.63, 3.8) is 0 Å². The maximum atomic E-state index is 12.8. The van der Waals surface area contributed by atoms with Gasteiger partial charge in [-0.2, -0.15) is 0 Å². The summed E-state index contributed by atoms with van der Waals surface area (Å²) in [6, 6.07) is 0. The highest BCUT2D eigenvalue weighted by Gasteiger charge is 2.19. The largest absolute Gasteiger partial charge is 0.462 e. The molecule has 1 unspecified atom stereocenters. The topological polar surface area (TPSA) is 78.9 Å². The molecular weight excluding hydrogens is 853 g/mol. The number of hydrogen-bond acceptors (Lipinski definition) is 6. The van der Waals surface area contributed by atoms with E-state index in [4.69, 9.17) is 14.2 Å². The van der Waals surface area contributed by atoms with Crippen LogP contribution in [0.25, 0.3) is 0 Å². The summed E-state index contributed by atoms with van der Waals surface area (Å²) in [5.41, 5.74) is 0. The molecule has 0 N–H and O–H groups in total. The SMILES string of the molecule is CC/C=C\C/C=C\C/C=C\C/C=C\C/C=C\C/C=C\CCCCC(=O)OCC(COC(=O)CCCCCCCCCCCCCCCCC)OC(=O)CCCCCCC/C=C\C/C=C\CCCCC. The standard InChI is InChI=1S/C63H106O6/c1-4-7-10-13-16-19-22-25-28-29-30-31-32-33-36-38-41-44-47-50-53-56-62(65)68-59-60(69-63(66)57-54-51-48-45-42-39-35-27-24-21-18-15-12-9-6-3)58-67-61(64)55-52-49-46-43-40-37-34-26-23-20-17-14-11-8-5-2/h7,10,16,18-19,21,25,27-28,30-31,33,35-36,41,44,60H,4-6,8-9,11-15,17,20,22-24,26,29,32,34,37-40,42-43,45-59H2,1-3H3/b10-7-,19-16-,21-18-,28-25-,31-30-,35-27-,36-33-,44-41-. The zero-order valence-electron chi connectivity index (χ0n) is 45.0. The van der Waals surface area contributed by atoms with Gasteiger partial charge in [-0.3, -0.25) is 14.4 Å². The third-order valence-electron chi connectivity index (χ3n) is 12.1. The lowest BCUT2D eigenvalue weighted by Gasteiger charge is -2.18. The van der Waals surface area contributed by atoms with Gasteiger partial charge < -0.3 is 14.2 Å². The van der Waals surface area contributed by atoms with E-state index in [0.717, 1.165) is 122 Å². The van der Waals surface area contributed by atoms with E-state index in [0.29, 0.717) is 19.3 Å². The predicted molar refractivity (Wildman–Crippen MR) is 297 cm³/mol. The van der Waals surface area contributed by atoms with Gasteiger partial charge in [-0.15, -0.1) is 0 Å². The molecule has 0 saturated heterocycles. The first-order valence-electron chi connectivity index (χ1n) is 28.7. The van der Waals surface area contributed by atoms with Crippen molar-refractivity contribution in [3.05, 3.63) is 97.2 Å². The maximum absolute atomic E-state index is 12.8. The van der Waals surface area contributed by atoms with E-state index in [-0.39, 0.29) is 31.1 Å². The van der Waals surface area contributed by atoms with Crippen LogP contribution in [-0.2, 0) is 28.6 Å². The number of unbranched alkanes of at least 4 members (excludes halogenated alkanes) is 24. The van der Waals surface area contributed by atoms with Crippen LogP contribution in [0.5, 0.6) is 0 Å². The second kappa shape index (κ2) is 56.9. The highest BCUT2D eigenvalue weighted by Crippen LogP contribution is 2.15. The first-order valence-corrected chi connectivity index (χ1v) is 28.7. The average Bonchev–Trinajstić information content (AvgIpc) is 3.35. The van der Waals surface area contributed by atoms with Crippen LogP contribution < -0.4 is 0 Å². The molecule has 0 fully saturated rings. The second-order valence-electron chi connectivity index (χ2n) is 18.8. The van der Waals surface area contributed by atoms with Gasteiger partial charge in [0.1, 0.15) is 13.2 Å². The van der Waals surface area contributed by atoms with Gasteiger partial charge in [0, 0.05) is 19.3 Å². The third kappa shape index (κ3) is 55.1. The van der Waals surface area contributed by atoms with E-state index < -0.39 is 6.10 Å². The molecule has 1 atom stereocenters. The molecule has 0 rings (SSSR count). The van der Waals surface area contributed by atoms with Crippen molar-refractivity contribution in [3.8, 4) is 0 Å². The molecule has 0 amide bonds. The molecule has 0 aliphatic carbocycles. The minimum absolute atomic E-state index is 0.0958. The normalized spacial score (nSPS) is 12.8. The fourth-order valence-corrected chi connectivity index (χ4v) is 7.77. The van der Waals surface area contributed by atoms with Crippen LogP contribution in [-0.4, -0.2) is 37.2 Å². The van der Waals surface area contributed by atoms with Gasteiger partial charge in [-0.1, -0.05) is 240 Å². The molecule has 0 aromatic rings. The summed E-state index contributed by atoms with van der Waals surface area (Å²) in [7, 11) is 0. The monoisotopic (exact) mass is 959 g/mol. The molecule has 0 aromatic carbocycles. The number of carbonyl (C=O) groups excluding carboxylic acids is 3. The van der Waals surface area contributed by atoms with Gasteiger partial charge in [0.05, 0.1) is 0 Å². The Morgan fingerprint density at radius 1 is 0.304 bits per heavy atom. The lowest BCUT2D eigenvalue weighted by molar-refractivity contribution is -0.167. The highest BCUT2D eigenvalue weighted by atomic mass is 16.6. The zero-order valence-corrected chi connectivity index (χ0v) is 45.0. The van der Waals surface area contributed by atoms with E-state index >= 15 is 0 Å². The lowest BCUT2D eigenvalue weighted by atomic mass is 10.0. The Hall–Kier alpha value is -3.67. The van der Waals surface area contributed by atoms with Crippen molar-refractivity contribution in [1.29, 1.82) is 0 Å². The summed E-state index contributed by atoms with van der Waals surface area (Å²) in [4.78, 5) is 38.1. The number of ether oxygens (including phenoxy) is 3. The fraction of sp³-hybridized carbons (Fsp3) is 0.698. The van der Waals surface area contributed by atoms with Crippen LogP contribution in [0.4, 0.5) is 0 Å². The lowest BCUT2D eigenvalue weighted by Crippen LogP contribution is -2.30. The van der Waals surface area contributed by atoms with Crippen molar-refractivity contribution in [2.75, 3.05) is 13.2 Å². The molecule has 0 radical (unpaired) electrons. The van der Waals surface area contributed by atoms with Crippen molar-refractivity contribution >= 4 is 17.9 Å². The smallest absolute Gasteiger partial charge is 0.306 e.